The molecule has 1 amide bonds. The van der Waals surface area contributed by atoms with Crippen LogP contribution in [0.5, 0.6) is 0 Å². The zero-order valence-electron chi connectivity index (χ0n) is 10.5. The first kappa shape index (κ1) is 13.3. The summed E-state index contributed by atoms with van der Waals surface area (Å²) in [5, 5.41) is 3.33. The predicted molar refractivity (Wildman–Crippen MR) is 71.8 cm³/mol. The van der Waals surface area contributed by atoms with Crippen LogP contribution in [0.1, 0.15) is 30.1 Å². The van der Waals surface area contributed by atoms with E-state index in [0.29, 0.717) is 10.7 Å². The number of pyridine rings is 1. The summed E-state index contributed by atoms with van der Waals surface area (Å²) in [4.78, 5) is 18.2. The van der Waals surface area contributed by atoms with Gasteiger partial charge >= 0.3 is 0 Å². The summed E-state index contributed by atoms with van der Waals surface area (Å²) < 4.78 is 0. The number of hydrogen-bond acceptors (Lipinski definition) is 3. The number of aromatic nitrogens is 1. The lowest BCUT2D eigenvalue weighted by Gasteiger charge is -2.21. The van der Waals surface area contributed by atoms with E-state index >= 15 is 0 Å². The largest absolute Gasteiger partial charge is 0.348 e. The van der Waals surface area contributed by atoms with E-state index in [1.807, 2.05) is 6.92 Å². The maximum absolute atomic E-state index is 12.0. The fourth-order valence-corrected chi connectivity index (χ4v) is 2.42. The molecule has 0 radical (unpaired) electrons. The molecule has 98 valence electrons. The Bertz CT molecular complexity index is 418. The van der Waals surface area contributed by atoms with Gasteiger partial charge in [0.1, 0.15) is 5.15 Å². The average molecular weight is 268 g/mol. The third kappa shape index (κ3) is 3.68. The van der Waals surface area contributed by atoms with Crippen molar-refractivity contribution in [1.29, 1.82) is 0 Å². The molecule has 1 fully saturated rings. The number of hydrogen-bond donors (Lipinski definition) is 1. The van der Waals surface area contributed by atoms with Crippen LogP contribution >= 0.6 is 11.6 Å². The minimum atomic E-state index is -0.0917. The van der Waals surface area contributed by atoms with Crippen LogP contribution in [0.4, 0.5) is 0 Å². The van der Waals surface area contributed by atoms with E-state index < -0.39 is 0 Å². The first-order valence-corrected chi connectivity index (χ1v) is 6.68. The molecule has 1 atom stereocenters. The van der Waals surface area contributed by atoms with Gasteiger partial charge < -0.3 is 10.2 Å². The lowest BCUT2D eigenvalue weighted by Crippen LogP contribution is -2.41. The number of nitrogens with zero attached hydrogens (tertiary/aromatic N) is 2. The molecule has 1 aromatic rings. The van der Waals surface area contributed by atoms with Gasteiger partial charge in [-0.2, -0.15) is 0 Å². The van der Waals surface area contributed by atoms with Crippen molar-refractivity contribution in [3.8, 4) is 0 Å². The molecule has 0 aromatic carbocycles. The van der Waals surface area contributed by atoms with Gasteiger partial charge in [0, 0.05) is 24.3 Å². The second-order valence-electron chi connectivity index (χ2n) is 4.75. The Hall–Kier alpha value is -1.13. The Morgan fingerprint density at radius 3 is 2.94 bits per heavy atom. The summed E-state index contributed by atoms with van der Waals surface area (Å²) in [6, 6.07) is 3.39. The normalized spacial score (nSPS) is 17.7. The van der Waals surface area contributed by atoms with E-state index in [-0.39, 0.29) is 11.9 Å². The van der Waals surface area contributed by atoms with Crippen molar-refractivity contribution in [3.05, 3.63) is 29.0 Å². The van der Waals surface area contributed by atoms with Gasteiger partial charge in [0.25, 0.3) is 5.91 Å². The smallest absolute Gasteiger partial charge is 0.251 e. The van der Waals surface area contributed by atoms with Crippen LogP contribution < -0.4 is 5.32 Å². The maximum Gasteiger partial charge on any atom is 0.251 e. The number of nitrogens with one attached hydrogen (secondary N) is 1. The maximum atomic E-state index is 12.0. The zero-order valence-corrected chi connectivity index (χ0v) is 11.3. The average Bonchev–Trinajstić information content (AvgIpc) is 2.81. The summed E-state index contributed by atoms with van der Waals surface area (Å²) in [7, 11) is 0. The zero-order chi connectivity index (χ0) is 13.0. The summed E-state index contributed by atoms with van der Waals surface area (Å²) in [5.41, 5.74) is 0.559. The molecule has 1 unspecified atom stereocenters. The molecule has 1 aromatic heterocycles. The van der Waals surface area contributed by atoms with Gasteiger partial charge in [-0.3, -0.25) is 4.79 Å². The van der Waals surface area contributed by atoms with Gasteiger partial charge in [-0.15, -0.1) is 0 Å². The number of halogens is 1. The van der Waals surface area contributed by atoms with Gasteiger partial charge in [0.2, 0.25) is 0 Å². The van der Waals surface area contributed by atoms with Gasteiger partial charge in [-0.05, 0) is 45.0 Å². The van der Waals surface area contributed by atoms with Crippen molar-refractivity contribution < 1.29 is 4.79 Å². The Balaban J connectivity index is 1.86. The molecule has 0 saturated carbocycles. The van der Waals surface area contributed by atoms with Crippen LogP contribution in [-0.4, -0.2) is 41.5 Å². The number of carbonyl (C=O) groups excluding carboxylic acids is 1. The first-order chi connectivity index (χ1) is 8.65. The molecule has 18 heavy (non-hydrogen) atoms. The molecule has 2 heterocycles. The topological polar surface area (TPSA) is 45.2 Å². The molecular formula is C13H18ClN3O. The molecule has 1 aliphatic heterocycles. The summed E-state index contributed by atoms with van der Waals surface area (Å²) >= 11 is 5.76. The molecule has 2 rings (SSSR count). The standard InChI is InChI=1S/C13H18ClN3O/c1-10(9-17-6-2-3-7-17)16-13(18)11-4-5-15-12(14)8-11/h4-5,8,10H,2-3,6-7,9H2,1H3,(H,16,18). The molecule has 0 bridgehead atoms. The number of rotatable bonds is 4. The monoisotopic (exact) mass is 267 g/mol. The molecule has 4 nitrogen and oxygen atoms in total. The molecular weight excluding hydrogens is 250 g/mol. The highest BCUT2D eigenvalue weighted by Crippen LogP contribution is 2.09. The van der Waals surface area contributed by atoms with E-state index in [1.165, 1.54) is 12.8 Å². The van der Waals surface area contributed by atoms with E-state index in [9.17, 15) is 4.79 Å². The summed E-state index contributed by atoms with van der Waals surface area (Å²) in [6.07, 6.45) is 4.07. The molecule has 1 aliphatic rings. The van der Waals surface area contributed by atoms with Crippen LogP contribution in [0.15, 0.2) is 18.3 Å². The second kappa shape index (κ2) is 6.16. The fraction of sp³-hybridized carbons (Fsp3) is 0.538. The van der Waals surface area contributed by atoms with E-state index in [4.69, 9.17) is 11.6 Å². The van der Waals surface area contributed by atoms with Crippen molar-refractivity contribution in [2.45, 2.75) is 25.8 Å². The highest BCUT2D eigenvalue weighted by atomic mass is 35.5. The van der Waals surface area contributed by atoms with Crippen LogP contribution in [0.25, 0.3) is 0 Å². The first-order valence-electron chi connectivity index (χ1n) is 6.30. The fourth-order valence-electron chi connectivity index (χ4n) is 2.25. The van der Waals surface area contributed by atoms with Crippen LogP contribution in [0.2, 0.25) is 5.15 Å². The van der Waals surface area contributed by atoms with E-state index in [1.54, 1.807) is 18.3 Å². The van der Waals surface area contributed by atoms with Gasteiger partial charge in [-0.25, -0.2) is 4.98 Å². The highest BCUT2D eigenvalue weighted by molar-refractivity contribution is 6.29. The summed E-state index contributed by atoms with van der Waals surface area (Å²) in [6.45, 7) is 5.21. The third-order valence-electron chi connectivity index (χ3n) is 3.10. The van der Waals surface area contributed by atoms with Crippen molar-refractivity contribution in [2.75, 3.05) is 19.6 Å². The molecule has 5 heteroatoms. The Kier molecular flexibility index (Phi) is 4.55. The Morgan fingerprint density at radius 1 is 1.56 bits per heavy atom. The van der Waals surface area contributed by atoms with E-state index in [2.05, 4.69) is 15.2 Å². The minimum Gasteiger partial charge on any atom is -0.348 e. The number of carbonyl (C=O) groups is 1. The minimum absolute atomic E-state index is 0.0917. The molecule has 0 aliphatic carbocycles. The van der Waals surface area contributed by atoms with Gasteiger partial charge in [0.05, 0.1) is 0 Å². The third-order valence-corrected chi connectivity index (χ3v) is 3.30. The van der Waals surface area contributed by atoms with Crippen LogP contribution in [0.3, 0.4) is 0 Å². The second-order valence-corrected chi connectivity index (χ2v) is 5.14. The molecule has 1 N–H and O–H groups in total. The highest BCUT2D eigenvalue weighted by Gasteiger charge is 2.16. The van der Waals surface area contributed by atoms with E-state index in [0.717, 1.165) is 19.6 Å². The number of amides is 1. The quantitative estimate of drug-likeness (QED) is 0.848. The Morgan fingerprint density at radius 2 is 2.28 bits per heavy atom. The summed E-state index contributed by atoms with van der Waals surface area (Å²) in [5.74, 6) is -0.0917. The molecule has 0 spiro atoms. The van der Waals surface area contributed by atoms with Crippen LogP contribution in [-0.2, 0) is 0 Å². The Labute approximate surface area is 112 Å². The van der Waals surface area contributed by atoms with Crippen molar-refractivity contribution in [3.63, 3.8) is 0 Å². The van der Waals surface area contributed by atoms with Gasteiger partial charge in [0.15, 0.2) is 0 Å². The van der Waals surface area contributed by atoms with Crippen molar-refractivity contribution in [2.24, 2.45) is 0 Å². The van der Waals surface area contributed by atoms with Crippen molar-refractivity contribution in [1.82, 2.24) is 15.2 Å². The SMILES string of the molecule is CC(CN1CCCC1)NC(=O)c1ccnc(Cl)c1. The van der Waals surface area contributed by atoms with Crippen molar-refractivity contribution >= 4 is 17.5 Å². The number of likely N-dealkylation sites (tertiary alicyclic amines) is 1. The lowest BCUT2D eigenvalue weighted by molar-refractivity contribution is 0.0932. The lowest BCUT2D eigenvalue weighted by atomic mass is 10.2. The molecule has 1 saturated heterocycles. The predicted octanol–water partition coefficient (Wildman–Crippen LogP) is 1.95. The van der Waals surface area contributed by atoms with Crippen LogP contribution in [0, 0.1) is 0 Å². The van der Waals surface area contributed by atoms with Gasteiger partial charge in [-0.1, -0.05) is 11.6 Å².